The van der Waals surface area contributed by atoms with E-state index in [1.54, 1.807) is 0 Å². The first kappa shape index (κ1) is 14.8. The molecule has 1 heterocycles. The van der Waals surface area contributed by atoms with E-state index in [4.69, 9.17) is 10.5 Å². The van der Waals surface area contributed by atoms with Gasteiger partial charge in [0.1, 0.15) is 11.9 Å². The van der Waals surface area contributed by atoms with Crippen molar-refractivity contribution in [1.29, 1.82) is 0 Å². The summed E-state index contributed by atoms with van der Waals surface area (Å²) in [5, 5.41) is 0. The fourth-order valence-corrected chi connectivity index (χ4v) is 3.73. The Morgan fingerprint density at radius 2 is 2.05 bits per heavy atom. The van der Waals surface area contributed by atoms with E-state index in [2.05, 4.69) is 15.9 Å². The topological polar surface area (TPSA) is 69.4 Å². The average molecular weight is 348 g/mol. The Labute approximate surface area is 122 Å². The summed E-state index contributed by atoms with van der Waals surface area (Å²) in [6.07, 6.45) is 2.89. The first-order valence-electron chi connectivity index (χ1n) is 6.36. The van der Waals surface area contributed by atoms with Crippen LogP contribution in [0.25, 0.3) is 0 Å². The molecule has 1 aliphatic heterocycles. The van der Waals surface area contributed by atoms with Gasteiger partial charge in [0, 0.05) is 0 Å². The first-order valence-corrected chi connectivity index (χ1v) is 8.97. The second kappa shape index (κ2) is 6.24. The molecule has 0 radical (unpaired) electrons. The Hall–Kier alpha value is -0.590. The van der Waals surface area contributed by atoms with E-state index in [1.165, 1.54) is 5.56 Å². The molecule has 2 rings (SSSR count). The van der Waals surface area contributed by atoms with Crippen LogP contribution in [0, 0.1) is 0 Å². The maximum Gasteiger partial charge on any atom is 0.157 e. The Balaban J connectivity index is 1.92. The molecule has 1 fully saturated rings. The lowest BCUT2D eigenvalue weighted by molar-refractivity contribution is 0.229. The largest absolute Gasteiger partial charge is 0.487 e. The zero-order valence-electron chi connectivity index (χ0n) is 10.6. The molecule has 1 aliphatic rings. The highest BCUT2D eigenvalue weighted by Gasteiger charge is 2.35. The smallest absolute Gasteiger partial charge is 0.157 e. The zero-order chi connectivity index (χ0) is 13.9. The molecule has 0 aliphatic carbocycles. The van der Waals surface area contributed by atoms with Crippen LogP contribution in [-0.2, 0) is 16.3 Å². The quantitative estimate of drug-likeness (QED) is 0.798. The van der Waals surface area contributed by atoms with Crippen molar-refractivity contribution >= 4 is 25.8 Å². The van der Waals surface area contributed by atoms with Crippen LogP contribution >= 0.6 is 15.9 Å². The van der Waals surface area contributed by atoms with Gasteiger partial charge in [0.15, 0.2) is 9.84 Å². The first-order chi connectivity index (χ1) is 9.00. The molecule has 106 valence electrons. The minimum absolute atomic E-state index is 0.123. The van der Waals surface area contributed by atoms with Crippen molar-refractivity contribution in [3.05, 3.63) is 28.2 Å². The summed E-state index contributed by atoms with van der Waals surface area (Å²) in [5.74, 6) is 0.956. The fourth-order valence-electron chi connectivity index (χ4n) is 2.03. The van der Waals surface area contributed by atoms with Gasteiger partial charge >= 0.3 is 0 Å². The van der Waals surface area contributed by atoms with Gasteiger partial charge in [0.25, 0.3) is 0 Å². The Bertz CT molecular complexity index is 533. The average Bonchev–Trinajstić information content (AvgIpc) is 2.30. The van der Waals surface area contributed by atoms with Gasteiger partial charge in [-0.15, -0.1) is 0 Å². The van der Waals surface area contributed by atoms with Crippen LogP contribution in [0.4, 0.5) is 0 Å². The second-order valence-corrected chi connectivity index (χ2v) is 7.84. The fraction of sp³-hybridized carbons (Fsp3) is 0.538. The number of sulfone groups is 1. The lowest BCUT2D eigenvalue weighted by Gasteiger charge is -2.27. The van der Waals surface area contributed by atoms with Crippen molar-refractivity contribution in [2.24, 2.45) is 5.73 Å². The number of ether oxygens (including phenoxy) is 1. The third-order valence-corrected chi connectivity index (χ3v) is 5.47. The van der Waals surface area contributed by atoms with Gasteiger partial charge in [-0.05, 0) is 59.4 Å². The summed E-state index contributed by atoms with van der Waals surface area (Å²) in [6, 6.07) is 5.94. The van der Waals surface area contributed by atoms with Crippen LogP contribution in [0.5, 0.6) is 5.75 Å². The molecule has 0 unspecified atom stereocenters. The van der Waals surface area contributed by atoms with Crippen molar-refractivity contribution in [1.82, 2.24) is 0 Å². The Morgan fingerprint density at radius 3 is 2.63 bits per heavy atom. The van der Waals surface area contributed by atoms with Crippen molar-refractivity contribution in [3.63, 3.8) is 0 Å². The minimum atomic E-state index is -2.84. The van der Waals surface area contributed by atoms with Crippen LogP contribution in [-0.4, -0.2) is 32.6 Å². The Kier molecular flexibility index (Phi) is 4.86. The highest BCUT2D eigenvalue weighted by molar-refractivity contribution is 9.10. The predicted octanol–water partition coefficient (Wildman–Crippen LogP) is 1.91. The molecule has 0 amide bonds. The molecule has 0 bridgehead atoms. The molecule has 2 N–H and O–H groups in total. The molecule has 0 saturated carbocycles. The van der Waals surface area contributed by atoms with Gasteiger partial charge in [-0.3, -0.25) is 0 Å². The van der Waals surface area contributed by atoms with E-state index in [9.17, 15) is 8.42 Å². The molecular formula is C13H18BrNO3S. The van der Waals surface area contributed by atoms with Gasteiger partial charge < -0.3 is 10.5 Å². The van der Waals surface area contributed by atoms with E-state index < -0.39 is 9.84 Å². The molecule has 1 aromatic rings. The van der Waals surface area contributed by atoms with Crippen LogP contribution in [0.3, 0.4) is 0 Å². The van der Waals surface area contributed by atoms with Gasteiger partial charge in [0.2, 0.25) is 0 Å². The van der Waals surface area contributed by atoms with Crippen LogP contribution in [0.15, 0.2) is 22.7 Å². The maximum absolute atomic E-state index is 11.1. The van der Waals surface area contributed by atoms with Gasteiger partial charge in [-0.2, -0.15) is 0 Å². The molecule has 1 aromatic carbocycles. The molecule has 19 heavy (non-hydrogen) atoms. The van der Waals surface area contributed by atoms with E-state index in [-0.39, 0.29) is 17.6 Å². The van der Waals surface area contributed by atoms with Crippen LogP contribution < -0.4 is 10.5 Å². The molecule has 4 nitrogen and oxygen atoms in total. The highest BCUT2D eigenvalue weighted by Crippen LogP contribution is 2.29. The standard InChI is InChI=1S/C13H18BrNO3S/c14-12-7-10(3-1-2-6-15)4-5-13(12)18-11-8-19(16,17)9-11/h4-5,7,11H,1-3,6,8-9,15H2. The molecule has 1 saturated heterocycles. The number of nitrogens with two attached hydrogens (primary N) is 1. The third kappa shape index (κ3) is 4.19. The second-order valence-electron chi connectivity index (χ2n) is 4.83. The molecule has 0 atom stereocenters. The van der Waals surface area contributed by atoms with Gasteiger partial charge in [0.05, 0.1) is 16.0 Å². The van der Waals surface area contributed by atoms with Crippen molar-refractivity contribution in [2.75, 3.05) is 18.1 Å². The van der Waals surface area contributed by atoms with E-state index in [0.717, 1.165) is 30.3 Å². The number of unbranched alkanes of at least 4 members (excludes halogenated alkanes) is 1. The van der Waals surface area contributed by atoms with Crippen LogP contribution in [0.2, 0.25) is 0 Å². The summed E-state index contributed by atoms with van der Waals surface area (Å²) in [5.41, 5.74) is 6.70. The van der Waals surface area contributed by atoms with E-state index in [1.807, 2.05) is 18.2 Å². The number of benzene rings is 1. The van der Waals surface area contributed by atoms with Crippen molar-refractivity contribution < 1.29 is 13.2 Å². The summed E-state index contributed by atoms with van der Waals surface area (Å²) < 4.78 is 28.7. The zero-order valence-corrected chi connectivity index (χ0v) is 13.0. The number of halogens is 1. The van der Waals surface area contributed by atoms with Crippen molar-refractivity contribution in [3.8, 4) is 5.75 Å². The van der Waals surface area contributed by atoms with Gasteiger partial charge in [-0.25, -0.2) is 8.42 Å². The third-order valence-electron chi connectivity index (χ3n) is 3.09. The minimum Gasteiger partial charge on any atom is -0.487 e. The lowest BCUT2D eigenvalue weighted by atomic mass is 10.1. The number of rotatable bonds is 6. The predicted molar refractivity (Wildman–Crippen MR) is 79.2 cm³/mol. The normalized spacial score (nSPS) is 18.0. The van der Waals surface area contributed by atoms with E-state index >= 15 is 0 Å². The summed E-state index contributed by atoms with van der Waals surface area (Å²) >= 11 is 3.47. The number of aryl methyl sites for hydroxylation is 1. The maximum atomic E-state index is 11.1. The Morgan fingerprint density at radius 1 is 1.32 bits per heavy atom. The molecule has 0 spiro atoms. The van der Waals surface area contributed by atoms with Gasteiger partial charge in [-0.1, -0.05) is 6.07 Å². The number of hydrogen-bond acceptors (Lipinski definition) is 4. The summed E-state index contributed by atoms with van der Waals surface area (Å²) in [7, 11) is -2.84. The highest BCUT2D eigenvalue weighted by atomic mass is 79.9. The summed E-state index contributed by atoms with van der Waals surface area (Å²) in [4.78, 5) is 0. The van der Waals surface area contributed by atoms with E-state index in [0.29, 0.717) is 5.75 Å². The SMILES string of the molecule is NCCCCc1ccc(OC2CS(=O)(=O)C2)c(Br)c1. The van der Waals surface area contributed by atoms with Crippen LogP contribution in [0.1, 0.15) is 18.4 Å². The molecular weight excluding hydrogens is 330 g/mol. The summed E-state index contributed by atoms with van der Waals surface area (Å²) in [6.45, 7) is 0.721. The number of hydrogen-bond donors (Lipinski definition) is 1. The monoisotopic (exact) mass is 347 g/mol. The molecule has 0 aromatic heterocycles. The molecule has 6 heteroatoms. The van der Waals surface area contributed by atoms with Crippen molar-refractivity contribution in [2.45, 2.75) is 25.4 Å². The lowest BCUT2D eigenvalue weighted by Crippen LogP contribution is -2.45.